The lowest BCUT2D eigenvalue weighted by Crippen LogP contribution is -2.39. The van der Waals surface area contributed by atoms with Crippen LogP contribution >= 0.6 is 0 Å². The fraction of sp³-hybridized carbons (Fsp3) is 0.800. The summed E-state index contributed by atoms with van der Waals surface area (Å²) in [5.41, 5.74) is 0. The van der Waals surface area contributed by atoms with Crippen LogP contribution in [-0.2, 0) is 19.1 Å². The predicted molar refractivity (Wildman–Crippen MR) is 51.9 cm³/mol. The van der Waals surface area contributed by atoms with Gasteiger partial charge in [-0.15, -0.1) is 0 Å². The second-order valence-electron chi connectivity index (χ2n) is 3.70. The number of rotatable bonds is 3. The number of carbonyl (C=O) groups is 2. The number of aliphatic hydroxyl groups is 2. The normalized spacial score (nSPS) is 21.4. The molecular weight excluding hydrogens is 216 g/mol. The third kappa shape index (κ3) is 4.16. The highest BCUT2D eigenvalue weighted by molar-refractivity contribution is 5.72. The first-order valence-corrected chi connectivity index (χ1v) is 5.33. The van der Waals surface area contributed by atoms with E-state index in [1.54, 1.807) is 0 Å². The number of aliphatic hydroxyl groups excluding tert-OH is 1. The van der Waals surface area contributed by atoms with Crippen LogP contribution in [0.2, 0.25) is 0 Å². The van der Waals surface area contributed by atoms with Gasteiger partial charge >= 0.3 is 17.9 Å². The highest BCUT2D eigenvalue weighted by Gasteiger charge is 2.36. The Hall–Kier alpha value is -1.14. The van der Waals surface area contributed by atoms with Crippen molar-refractivity contribution in [3.05, 3.63) is 0 Å². The molecule has 2 N–H and O–H groups in total. The molecule has 0 unspecified atom stereocenters. The fourth-order valence-electron chi connectivity index (χ4n) is 1.42. The monoisotopic (exact) mass is 232 g/mol. The van der Waals surface area contributed by atoms with E-state index in [1.807, 2.05) is 0 Å². The zero-order valence-corrected chi connectivity index (χ0v) is 8.98. The van der Waals surface area contributed by atoms with Crippen LogP contribution in [0, 0.1) is 0 Å². The molecule has 1 heterocycles. The molecule has 0 saturated carbocycles. The summed E-state index contributed by atoms with van der Waals surface area (Å²) >= 11 is 0. The van der Waals surface area contributed by atoms with Gasteiger partial charge in [0.15, 0.2) is 0 Å². The topological polar surface area (TPSA) is 93.1 Å². The Morgan fingerprint density at radius 1 is 1.12 bits per heavy atom. The minimum Gasteiger partial charge on any atom is -0.398 e. The van der Waals surface area contributed by atoms with Gasteiger partial charge in [-0.25, -0.2) is 0 Å². The second kappa shape index (κ2) is 5.81. The molecule has 92 valence electrons. The number of ether oxygens (including phenoxy) is 2. The largest absolute Gasteiger partial charge is 0.398 e. The summed E-state index contributed by atoms with van der Waals surface area (Å²) < 4.78 is 9.39. The molecule has 0 bridgehead atoms. The third-order valence-corrected chi connectivity index (χ3v) is 2.21. The highest BCUT2D eigenvalue weighted by Crippen LogP contribution is 2.21. The van der Waals surface area contributed by atoms with Gasteiger partial charge in [-0.2, -0.15) is 0 Å². The van der Waals surface area contributed by atoms with Crippen LogP contribution in [0.15, 0.2) is 0 Å². The molecule has 1 aliphatic rings. The van der Waals surface area contributed by atoms with Crippen LogP contribution in [-0.4, -0.2) is 34.7 Å². The van der Waals surface area contributed by atoms with Crippen molar-refractivity contribution >= 4 is 11.9 Å². The van der Waals surface area contributed by atoms with E-state index in [-0.39, 0.29) is 32.3 Å². The third-order valence-electron chi connectivity index (χ3n) is 2.21. The molecule has 0 radical (unpaired) electrons. The van der Waals surface area contributed by atoms with Gasteiger partial charge in [0.25, 0.3) is 0 Å². The van der Waals surface area contributed by atoms with Crippen molar-refractivity contribution in [1.82, 2.24) is 0 Å². The van der Waals surface area contributed by atoms with Gasteiger partial charge in [0.1, 0.15) is 0 Å². The number of hydrogen-bond donors (Lipinski definition) is 2. The lowest BCUT2D eigenvalue weighted by Gasteiger charge is -2.26. The Morgan fingerprint density at radius 3 is 2.06 bits per heavy atom. The maximum absolute atomic E-state index is 11.2. The zero-order valence-electron chi connectivity index (χ0n) is 8.98. The average molecular weight is 232 g/mol. The zero-order chi connectivity index (χ0) is 12.0. The van der Waals surface area contributed by atoms with Crippen LogP contribution in [0.1, 0.15) is 38.5 Å². The van der Waals surface area contributed by atoms with E-state index in [1.165, 1.54) is 0 Å². The van der Waals surface area contributed by atoms with Gasteiger partial charge in [-0.1, -0.05) is 0 Å². The van der Waals surface area contributed by atoms with Crippen LogP contribution in [0.3, 0.4) is 0 Å². The van der Waals surface area contributed by atoms with E-state index in [4.69, 9.17) is 14.6 Å². The summed E-state index contributed by atoms with van der Waals surface area (Å²) in [5, 5.41) is 18.4. The van der Waals surface area contributed by atoms with E-state index in [0.717, 1.165) is 0 Å². The molecule has 0 aromatic rings. The van der Waals surface area contributed by atoms with Crippen molar-refractivity contribution in [3.63, 3.8) is 0 Å². The summed E-state index contributed by atoms with van der Waals surface area (Å²) in [7, 11) is 0. The number of cyclic esters (lactones) is 2. The molecule has 1 saturated heterocycles. The van der Waals surface area contributed by atoms with E-state index in [9.17, 15) is 14.7 Å². The van der Waals surface area contributed by atoms with Crippen molar-refractivity contribution in [2.45, 2.75) is 44.5 Å². The molecule has 1 aliphatic heterocycles. The van der Waals surface area contributed by atoms with Gasteiger partial charge in [-0.3, -0.25) is 9.59 Å². The van der Waals surface area contributed by atoms with Crippen molar-refractivity contribution in [1.29, 1.82) is 0 Å². The summed E-state index contributed by atoms with van der Waals surface area (Å²) in [6.45, 7) is -0.183. The minimum absolute atomic E-state index is 0.124. The molecule has 0 aromatic heterocycles. The van der Waals surface area contributed by atoms with Crippen molar-refractivity contribution in [2.75, 3.05) is 6.61 Å². The lowest BCUT2D eigenvalue weighted by molar-refractivity contribution is -0.328. The van der Waals surface area contributed by atoms with Gasteiger partial charge in [-0.05, 0) is 19.3 Å². The first-order valence-electron chi connectivity index (χ1n) is 5.33. The minimum atomic E-state index is -2.22. The van der Waals surface area contributed by atoms with Gasteiger partial charge in [0.2, 0.25) is 0 Å². The Bertz CT molecular complexity index is 242. The maximum Gasteiger partial charge on any atom is 0.373 e. The molecule has 0 spiro atoms. The number of esters is 2. The van der Waals surface area contributed by atoms with Crippen LogP contribution in [0.5, 0.6) is 0 Å². The fourth-order valence-corrected chi connectivity index (χ4v) is 1.42. The quantitative estimate of drug-likeness (QED) is 0.668. The molecule has 6 nitrogen and oxygen atoms in total. The van der Waals surface area contributed by atoms with Crippen molar-refractivity contribution in [3.8, 4) is 0 Å². The average Bonchev–Trinajstić information content (AvgIpc) is 2.26. The summed E-state index contributed by atoms with van der Waals surface area (Å²) in [4.78, 5) is 22.5. The Balaban J connectivity index is 2.67. The molecule has 1 fully saturated rings. The molecule has 1 rings (SSSR count). The molecular formula is C10H16O6. The molecule has 16 heavy (non-hydrogen) atoms. The van der Waals surface area contributed by atoms with Gasteiger partial charge < -0.3 is 19.7 Å². The van der Waals surface area contributed by atoms with Crippen LogP contribution in [0.25, 0.3) is 0 Å². The first kappa shape index (κ1) is 12.9. The van der Waals surface area contributed by atoms with Crippen molar-refractivity contribution in [2.24, 2.45) is 0 Å². The molecule has 0 amide bonds. The number of carbonyl (C=O) groups excluding carboxylic acids is 2. The number of hydrogen-bond acceptors (Lipinski definition) is 6. The smallest absolute Gasteiger partial charge is 0.373 e. The van der Waals surface area contributed by atoms with Crippen LogP contribution < -0.4 is 0 Å². The SMILES string of the molecule is O=C1CCCCC(=O)OC(O)(CCCO)O1. The standard InChI is InChI=1S/C10H16O6/c11-7-3-6-10(14)15-8(12)4-1-2-5-9(13)16-10/h11,14H,1-7H2. The molecule has 0 aliphatic carbocycles. The summed E-state index contributed by atoms with van der Waals surface area (Å²) in [6.07, 6.45) is 1.42. The summed E-state index contributed by atoms with van der Waals surface area (Å²) in [5.74, 6) is -3.42. The second-order valence-corrected chi connectivity index (χ2v) is 3.70. The Morgan fingerprint density at radius 2 is 1.62 bits per heavy atom. The Kier molecular flexibility index (Phi) is 4.70. The first-order chi connectivity index (χ1) is 7.56. The van der Waals surface area contributed by atoms with Crippen LogP contribution in [0.4, 0.5) is 0 Å². The highest BCUT2D eigenvalue weighted by atomic mass is 16.8. The lowest BCUT2D eigenvalue weighted by atomic mass is 10.2. The predicted octanol–water partition coefficient (Wildman–Crippen LogP) is 0.0654. The van der Waals surface area contributed by atoms with Gasteiger partial charge in [0, 0.05) is 19.4 Å². The van der Waals surface area contributed by atoms with E-state index >= 15 is 0 Å². The van der Waals surface area contributed by atoms with Crippen molar-refractivity contribution < 1.29 is 29.3 Å². The summed E-state index contributed by atoms with van der Waals surface area (Å²) in [6, 6.07) is 0. The molecule has 0 aromatic carbocycles. The molecule has 6 heteroatoms. The molecule has 0 atom stereocenters. The van der Waals surface area contributed by atoms with E-state index < -0.39 is 17.9 Å². The van der Waals surface area contributed by atoms with Gasteiger partial charge in [0.05, 0.1) is 6.42 Å². The van der Waals surface area contributed by atoms with E-state index in [0.29, 0.717) is 12.8 Å². The Labute approximate surface area is 93.2 Å². The van der Waals surface area contributed by atoms with E-state index in [2.05, 4.69) is 0 Å². The maximum atomic E-state index is 11.2.